The summed E-state index contributed by atoms with van der Waals surface area (Å²) in [5.74, 6) is 2.34. The molecule has 0 saturated carbocycles. The van der Waals surface area contributed by atoms with E-state index in [0.29, 0.717) is 0 Å². The van der Waals surface area contributed by atoms with Gasteiger partial charge in [-0.1, -0.05) is 18.2 Å². The number of aromatic amines is 1. The van der Waals surface area contributed by atoms with E-state index in [1.165, 1.54) is 10.9 Å². The summed E-state index contributed by atoms with van der Waals surface area (Å²) < 4.78 is 13.0. The number of hydrogen-bond donors (Lipinski definition) is 1. The maximum atomic E-state index is 5.46. The summed E-state index contributed by atoms with van der Waals surface area (Å²) in [7, 11) is 3.31. The molecule has 4 rings (SSSR count). The van der Waals surface area contributed by atoms with Crippen LogP contribution >= 0.6 is 11.9 Å². The fourth-order valence-electron chi connectivity index (χ4n) is 2.90. The molecule has 2 aromatic heterocycles. The van der Waals surface area contributed by atoms with Crippen molar-refractivity contribution in [1.82, 2.24) is 14.2 Å². The molecule has 0 amide bonds. The Hall–Kier alpha value is -2.86. The van der Waals surface area contributed by atoms with Crippen molar-refractivity contribution >= 4 is 22.9 Å². The standard InChI is InChI=1S/C20H19N3O2S/c1-24-16-7-8-20(25-2)17(12-16)18-11-15(21-22-18)13-26-23-10-9-14-5-3-4-6-19(14)23/h3-12H,13H2,1-2H3,(H,21,22). The lowest BCUT2D eigenvalue weighted by molar-refractivity contribution is 0.404. The van der Waals surface area contributed by atoms with E-state index in [9.17, 15) is 0 Å². The molecule has 0 fully saturated rings. The highest BCUT2D eigenvalue weighted by atomic mass is 32.2. The van der Waals surface area contributed by atoms with Crippen molar-refractivity contribution < 1.29 is 9.47 Å². The number of rotatable bonds is 6. The molecule has 132 valence electrons. The van der Waals surface area contributed by atoms with Gasteiger partial charge in [-0.05, 0) is 48.3 Å². The predicted molar refractivity (Wildman–Crippen MR) is 106 cm³/mol. The minimum atomic E-state index is 0.771. The van der Waals surface area contributed by atoms with Crippen LogP contribution in [-0.2, 0) is 5.75 Å². The Bertz CT molecular complexity index is 1040. The van der Waals surface area contributed by atoms with E-state index in [4.69, 9.17) is 9.47 Å². The number of benzene rings is 2. The lowest BCUT2D eigenvalue weighted by atomic mass is 10.1. The average Bonchev–Trinajstić information content (AvgIpc) is 3.33. The van der Waals surface area contributed by atoms with Gasteiger partial charge in [0.2, 0.25) is 0 Å². The Kier molecular flexibility index (Phi) is 4.58. The van der Waals surface area contributed by atoms with Gasteiger partial charge < -0.3 is 9.47 Å². The molecule has 0 radical (unpaired) electrons. The summed E-state index contributed by atoms with van der Waals surface area (Å²) in [5, 5.41) is 8.81. The molecule has 5 nitrogen and oxygen atoms in total. The van der Waals surface area contributed by atoms with E-state index in [1.807, 2.05) is 18.2 Å². The average molecular weight is 365 g/mol. The van der Waals surface area contributed by atoms with Crippen molar-refractivity contribution in [2.24, 2.45) is 0 Å². The molecule has 2 heterocycles. The number of H-pyrrole nitrogens is 1. The highest BCUT2D eigenvalue weighted by Gasteiger charge is 2.12. The monoisotopic (exact) mass is 365 g/mol. The molecular weight excluding hydrogens is 346 g/mol. The number of nitrogens with one attached hydrogen (secondary N) is 1. The smallest absolute Gasteiger partial charge is 0.128 e. The van der Waals surface area contributed by atoms with Crippen LogP contribution in [-0.4, -0.2) is 28.4 Å². The zero-order valence-electron chi connectivity index (χ0n) is 14.6. The first kappa shape index (κ1) is 16.6. The maximum Gasteiger partial charge on any atom is 0.128 e. The van der Waals surface area contributed by atoms with E-state index in [-0.39, 0.29) is 0 Å². The van der Waals surface area contributed by atoms with Crippen LogP contribution < -0.4 is 9.47 Å². The number of aromatic nitrogens is 3. The van der Waals surface area contributed by atoms with Crippen LogP contribution in [0.1, 0.15) is 5.69 Å². The lowest BCUT2D eigenvalue weighted by Gasteiger charge is -2.08. The molecular formula is C20H19N3O2S. The van der Waals surface area contributed by atoms with E-state index in [2.05, 4.69) is 56.8 Å². The maximum absolute atomic E-state index is 5.46. The molecule has 2 aromatic carbocycles. The third-order valence-electron chi connectivity index (χ3n) is 4.24. The second-order valence-corrected chi connectivity index (χ2v) is 6.76. The SMILES string of the molecule is COc1ccc(OC)c(-c2cc(CSn3ccc4ccccc43)[nH]n2)c1. The summed E-state index contributed by atoms with van der Waals surface area (Å²) in [6, 6.07) is 18.2. The quantitative estimate of drug-likeness (QED) is 0.536. The van der Waals surface area contributed by atoms with E-state index < -0.39 is 0 Å². The molecule has 26 heavy (non-hydrogen) atoms. The number of hydrogen-bond acceptors (Lipinski definition) is 4. The van der Waals surface area contributed by atoms with Crippen molar-refractivity contribution in [2.75, 3.05) is 14.2 Å². The fraction of sp³-hybridized carbons (Fsp3) is 0.150. The number of fused-ring (bicyclic) bond motifs is 1. The third kappa shape index (κ3) is 3.15. The van der Waals surface area contributed by atoms with Crippen molar-refractivity contribution in [2.45, 2.75) is 5.75 Å². The predicted octanol–water partition coefficient (Wildman–Crippen LogP) is 4.75. The molecule has 4 aromatic rings. The minimum absolute atomic E-state index is 0.771. The number of ether oxygens (including phenoxy) is 2. The summed E-state index contributed by atoms with van der Waals surface area (Å²) in [6.45, 7) is 0. The molecule has 0 saturated heterocycles. The van der Waals surface area contributed by atoms with Crippen molar-refractivity contribution in [3.05, 3.63) is 66.5 Å². The lowest BCUT2D eigenvalue weighted by Crippen LogP contribution is -1.90. The molecule has 0 bridgehead atoms. The zero-order chi connectivity index (χ0) is 17.9. The van der Waals surface area contributed by atoms with Gasteiger partial charge in [-0.2, -0.15) is 5.10 Å². The highest BCUT2D eigenvalue weighted by Crippen LogP contribution is 2.33. The molecule has 0 unspecified atom stereocenters. The van der Waals surface area contributed by atoms with Crippen LogP contribution in [0.3, 0.4) is 0 Å². The second kappa shape index (κ2) is 7.17. The Morgan fingerprint density at radius 2 is 1.92 bits per heavy atom. The Balaban J connectivity index is 1.55. The van der Waals surface area contributed by atoms with Gasteiger partial charge >= 0.3 is 0 Å². The Morgan fingerprint density at radius 3 is 2.77 bits per heavy atom. The Morgan fingerprint density at radius 1 is 1.04 bits per heavy atom. The van der Waals surface area contributed by atoms with Gasteiger partial charge in [-0.3, -0.25) is 9.07 Å². The summed E-state index contributed by atoms with van der Waals surface area (Å²) in [5.41, 5.74) is 4.01. The molecule has 1 N–H and O–H groups in total. The highest BCUT2D eigenvalue weighted by molar-refractivity contribution is 7.97. The number of methoxy groups -OCH3 is 2. The van der Waals surface area contributed by atoms with Gasteiger partial charge in [0.05, 0.1) is 31.2 Å². The van der Waals surface area contributed by atoms with E-state index >= 15 is 0 Å². The van der Waals surface area contributed by atoms with Crippen LogP contribution in [0.5, 0.6) is 11.5 Å². The second-order valence-electron chi connectivity index (χ2n) is 5.82. The van der Waals surface area contributed by atoms with Crippen LogP contribution in [0.4, 0.5) is 0 Å². The number of para-hydroxylation sites is 1. The van der Waals surface area contributed by atoms with Crippen LogP contribution in [0.25, 0.3) is 22.2 Å². The van der Waals surface area contributed by atoms with Gasteiger partial charge in [0.15, 0.2) is 0 Å². The first-order chi connectivity index (χ1) is 12.8. The van der Waals surface area contributed by atoms with Gasteiger partial charge in [-0.15, -0.1) is 0 Å². The van der Waals surface area contributed by atoms with Crippen molar-refractivity contribution in [3.8, 4) is 22.8 Å². The first-order valence-electron chi connectivity index (χ1n) is 8.24. The van der Waals surface area contributed by atoms with Crippen LogP contribution in [0.2, 0.25) is 0 Å². The molecule has 0 spiro atoms. The molecule has 6 heteroatoms. The summed E-state index contributed by atoms with van der Waals surface area (Å²) in [6.07, 6.45) is 2.09. The topological polar surface area (TPSA) is 52.1 Å². The Labute approximate surface area is 156 Å². The normalized spacial score (nSPS) is 11.0. The molecule has 0 atom stereocenters. The van der Waals surface area contributed by atoms with Crippen LogP contribution in [0.15, 0.2) is 60.8 Å². The minimum Gasteiger partial charge on any atom is -0.497 e. The van der Waals surface area contributed by atoms with Crippen LogP contribution in [0, 0.1) is 0 Å². The van der Waals surface area contributed by atoms with Gasteiger partial charge in [0, 0.05) is 22.8 Å². The summed E-state index contributed by atoms with van der Waals surface area (Å²) >= 11 is 1.73. The molecule has 0 aliphatic carbocycles. The zero-order valence-corrected chi connectivity index (χ0v) is 15.4. The first-order valence-corrected chi connectivity index (χ1v) is 9.19. The van der Waals surface area contributed by atoms with E-state index in [0.717, 1.165) is 34.2 Å². The van der Waals surface area contributed by atoms with Gasteiger partial charge in [-0.25, -0.2) is 0 Å². The molecule has 0 aliphatic rings. The van der Waals surface area contributed by atoms with Gasteiger partial charge in [0.25, 0.3) is 0 Å². The van der Waals surface area contributed by atoms with Gasteiger partial charge in [0.1, 0.15) is 11.5 Å². The number of nitrogens with zero attached hydrogens (tertiary/aromatic N) is 2. The third-order valence-corrected chi connectivity index (χ3v) is 5.27. The largest absolute Gasteiger partial charge is 0.497 e. The van der Waals surface area contributed by atoms with Crippen molar-refractivity contribution in [3.63, 3.8) is 0 Å². The van der Waals surface area contributed by atoms with Crippen molar-refractivity contribution in [1.29, 1.82) is 0 Å². The van der Waals surface area contributed by atoms with E-state index in [1.54, 1.807) is 26.2 Å². The molecule has 0 aliphatic heterocycles. The fourth-order valence-corrected chi connectivity index (χ4v) is 3.78. The summed E-state index contributed by atoms with van der Waals surface area (Å²) in [4.78, 5) is 0.